The van der Waals surface area contributed by atoms with Crippen molar-refractivity contribution in [1.29, 1.82) is 0 Å². The molecule has 1 unspecified atom stereocenters. The minimum atomic E-state index is -0.226. The molecule has 106 valence electrons. The highest BCUT2D eigenvalue weighted by atomic mass is 35.5. The molecular weight excluding hydrogens is 294 g/mol. The van der Waals surface area contributed by atoms with Gasteiger partial charge in [0.15, 0.2) is 0 Å². The van der Waals surface area contributed by atoms with Crippen LogP contribution < -0.4 is 11.1 Å². The molecule has 1 atom stereocenters. The first-order valence-electron chi connectivity index (χ1n) is 6.37. The summed E-state index contributed by atoms with van der Waals surface area (Å²) in [5, 5.41) is 5.31. The Morgan fingerprint density at radius 1 is 1.60 bits per heavy atom. The second-order valence-electron chi connectivity index (χ2n) is 4.42. The number of aromatic nitrogens is 1. The fraction of sp³-hybridized carbons (Fsp3) is 0.286. The van der Waals surface area contributed by atoms with Crippen molar-refractivity contribution >= 4 is 34.7 Å². The van der Waals surface area contributed by atoms with Gasteiger partial charge in [0.1, 0.15) is 5.82 Å². The molecule has 2 rings (SSSR count). The number of nitrogens with zero attached hydrogens (tertiary/aromatic N) is 1. The Kier molecular flexibility index (Phi) is 4.98. The van der Waals surface area contributed by atoms with Gasteiger partial charge in [-0.15, -0.1) is 11.3 Å². The lowest BCUT2D eigenvalue weighted by molar-refractivity contribution is 0.0935. The summed E-state index contributed by atoms with van der Waals surface area (Å²) >= 11 is 7.63. The van der Waals surface area contributed by atoms with Crippen LogP contribution in [-0.2, 0) is 0 Å². The number of nitrogens with two attached hydrogens (primary N) is 1. The van der Waals surface area contributed by atoms with Crippen molar-refractivity contribution in [3.63, 3.8) is 0 Å². The lowest BCUT2D eigenvalue weighted by Crippen LogP contribution is -2.28. The van der Waals surface area contributed by atoms with Crippen LogP contribution in [0.1, 0.15) is 41.0 Å². The number of nitrogen functional groups attached to an aromatic ring is 1. The van der Waals surface area contributed by atoms with Crippen molar-refractivity contribution in [2.24, 2.45) is 0 Å². The predicted molar refractivity (Wildman–Crippen MR) is 83.1 cm³/mol. The van der Waals surface area contributed by atoms with Crippen LogP contribution in [0.2, 0.25) is 5.02 Å². The fourth-order valence-corrected chi connectivity index (χ4v) is 2.93. The van der Waals surface area contributed by atoms with Crippen LogP contribution in [0.25, 0.3) is 0 Å². The third kappa shape index (κ3) is 3.49. The molecule has 0 aromatic carbocycles. The molecule has 0 fully saturated rings. The summed E-state index contributed by atoms with van der Waals surface area (Å²) < 4.78 is 0. The van der Waals surface area contributed by atoms with Gasteiger partial charge in [-0.25, -0.2) is 4.98 Å². The molecule has 0 aliphatic carbocycles. The smallest absolute Gasteiger partial charge is 0.253 e. The first-order chi connectivity index (χ1) is 9.61. The van der Waals surface area contributed by atoms with Gasteiger partial charge in [-0.2, -0.15) is 0 Å². The number of hydrogen-bond donors (Lipinski definition) is 2. The molecule has 0 bridgehead atoms. The van der Waals surface area contributed by atoms with Gasteiger partial charge in [0.05, 0.1) is 16.6 Å². The van der Waals surface area contributed by atoms with Gasteiger partial charge in [-0.05, 0) is 23.9 Å². The Morgan fingerprint density at radius 3 is 3.05 bits per heavy atom. The lowest BCUT2D eigenvalue weighted by atomic mass is 10.1. The zero-order valence-electron chi connectivity index (χ0n) is 11.1. The summed E-state index contributed by atoms with van der Waals surface area (Å²) in [7, 11) is 0. The number of pyridine rings is 1. The Labute approximate surface area is 127 Å². The van der Waals surface area contributed by atoms with Gasteiger partial charge in [0.25, 0.3) is 5.91 Å². The third-order valence-electron chi connectivity index (χ3n) is 2.89. The molecule has 2 aromatic heterocycles. The molecule has 0 aliphatic heterocycles. The van der Waals surface area contributed by atoms with Gasteiger partial charge in [0, 0.05) is 11.1 Å². The summed E-state index contributed by atoms with van der Waals surface area (Å²) in [5.41, 5.74) is 5.96. The molecule has 2 heterocycles. The average Bonchev–Trinajstić information content (AvgIpc) is 2.95. The number of anilines is 1. The van der Waals surface area contributed by atoms with Crippen LogP contribution in [0.3, 0.4) is 0 Å². The quantitative estimate of drug-likeness (QED) is 0.886. The van der Waals surface area contributed by atoms with Gasteiger partial charge in [0.2, 0.25) is 0 Å². The molecule has 6 heteroatoms. The number of nitrogens with one attached hydrogen (secondary N) is 1. The largest absolute Gasteiger partial charge is 0.384 e. The Balaban J connectivity index is 2.18. The van der Waals surface area contributed by atoms with Crippen molar-refractivity contribution in [3.05, 3.63) is 45.2 Å². The first-order valence-corrected chi connectivity index (χ1v) is 7.63. The van der Waals surface area contributed by atoms with E-state index in [0.29, 0.717) is 10.6 Å². The first kappa shape index (κ1) is 14.8. The number of hydrogen-bond acceptors (Lipinski definition) is 4. The maximum Gasteiger partial charge on any atom is 0.253 e. The van der Waals surface area contributed by atoms with E-state index < -0.39 is 0 Å². The predicted octanol–water partition coefficient (Wildman–Crippen LogP) is 3.65. The molecule has 3 N–H and O–H groups in total. The van der Waals surface area contributed by atoms with E-state index in [-0.39, 0.29) is 17.8 Å². The standard InChI is InChI=1S/C14H16ClN3OS/c1-2-4-11(12-5-3-6-20-12)18-14(19)9-7-13(16)17-8-10(9)15/h3,5-8,11H,2,4H2,1H3,(H2,16,17)(H,18,19). The Bertz CT molecular complexity index is 586. The molecule has 4 nitrogen and oxygen atoms in total. The van der Waals surface area contributed by atoms with Crippen molar-refractivity contribution in [2.45, 2.75) is 25.8 Å². The third-order valence-corrected chi connectivity index (χ3v) is 4.18. The van der Waals surface area contributed by atoms with E-state index >= 15 is 0 Å². The highest BCUT2D eigenvalue weighted by molar-refractivity contribution is 7.10. The van der Waals surface area contributed by atoms with Crippen LogP contribution in [0.5, 0.6) is 0 Å². The maximum atomic E-state index is 12.3. The monoisotopic (exact) mass is 309 g/mol. The zero-order chi connectivity index (χ0) is 14.5. The second-order valence-corrected chi connectivity index (χ2v) is 5.81. The number of carbonyl (C=O) groups excluding carboxylic acids is 1. The molecule has 0 spiro atoms. The van der Waals surface area contributed by atoms with E-state index in [4.69, 9.17) is 17.3 Å². The average molecular weight is 310 g/mol. The Morgan fingerprint density at radius 2 is 2.40 bits per heavy atom. The van der Waals surface area contributed by atoms with Crippen LogP contribution >= 0.6 is 22.9 Å². The van der Waals surface area contributed by atoms with Gasteiger partial charge < -0.3 is 11.1 Å². The SMILES string of the molecule is CCCC(NC(=O)c1cc(N)ncc1Cl)c1cccs1. The molecule has 20 heavy (non-hydrogen) atoms. The van der Waals surface area contributed by atoms with E-state index in [9.17, 15) is 4.79 Å². The maximum absolute atomic E-state index is 12.3. The molecule has 0 radical (unpaired) electrons. The molecule has 0 saturated carbocycles. The van der Waals surface area contributed by atoms with E-state index in [2.05, 4.69) is 17.2 Å². The highest BCUT2D eigenvalue weighted by Crippen LogP contribution is 2.25. The minimum absolute atomic E-state index is 0.00189. The van der Waals surface area contributed by atoms with Gasteiger partial charge in [-0.1, -0.05) is 31.0 Å². The van der Waals surface area contributed by atoms with E-state index in [1.54, 1.807) is 11.3 Å². The number of carbonyl (C=O) groups is 1. The number of rotatable bonds is 5. The van der Waals surface area contributed by atoms with Crippen LogP contribution in [0, 0.1) is 0 Å². The summed E-state index contributed by atoms with van der Waals surface area (Å²) in [5.74, 6) is 0.0543. The molecule has 2 aromatic rings. The second kappa shape index (κ2) is 6.72. The molecule has 1 amide bonds. The number of thiophene rings is 1. The van der Waals surface area contributed by atoms with Crippen molar-refractivity contribution in [2.75, 3.05) is 5.73 Å². The highest BCUT2D eigenvalue weighted by Gasteiger charge is 2.18. The lowest BCUT2D eigenvalue weighted by Gasteiger charge is -2.17. The van der Waals surface area contributed by atoms with E-state index in [1.165, 1.54) is 12.3 Å². The summed E-state index contributed by atoms with van der Waals surface area (Å²) in [4.78, 5) is 17.3. The topological polar surface area (TPSA) is 68.0 Å². The summed E-state index contributed by atoms with van der Waals surface area (Å²) in [6.07, 6.45) is 3.26. The number of halogens is 1. The normalized spacial score (nSPS) is 12.1. The van der Waals surface area contributed by atoms with Gasteiger partial charge >= 0.3 is 0 Å². The van der Waals surface area contributed by atoms with Crippen molar-refractivity contribution < 1.29 is 4.79 Å². The van der Waals surface area contributed by atoms with Crippen LogP contribution in [0.15, 0.2) is 29.8 Å². The van der Waals surface area contributed by atoms with Crippen molar-refractivity contribution in [1.82, 2.24) is 10.3 Å². The number of amides is 1. The zero-order valence-corrected chi connectivity index (χ0v) is 12.7. The molecule has 0 aliphatic rings. The van der Waals surface area contributed by atoms with E-state index in [1.807, 2.05) is 17.5 Å². The summed E-state index contributed by atoms with van der Waals surface area (Å²) in [6, 6.07) is 5.49. The van der Waals surface area contributed by atoms with E-state index in [0.717, 1.165) is 17.7 Å². The molecule has 0 saturated heterocycles. The molecular formula is C14H16ClN3OS. The Hall–Kier alpha value is -1.59. The summed E-state index contributed by atoms with van der Waals surface area (Å²) in [6.45, 7) is 2.09. The fourth-order valence-electron chi connectivity index (χ4n) is 1.93. The van der Waals surface area contributed by atoms with Gasteiger partial charge in [-0.3, -0.25) is 4.79 Å². The van der Waals surface area contributed by atoms with Crippen molar-refractivity contribution in [3.8, 4) is 0 Å². The van der Waals surface area contributed by atoms with Crippen LogP contribution in [0.4, 0.5) is 5.82 Å². The minimum Gasteiger partial charge on any atom is -0.384 e. The van der Waals surface area contributed by atoms with Crippen LogP contribution in [-0.4, -0.2) is 10.9 Å².